The van der Waals surface area contributed by atoms with Crippen LogP contribution in [-0.2, 0) is 4.79 Å². The summed E-state index contributed by atoms with van der Waals surface area (Å²) in [5.74, 6) is -0.492. The smallest absolute Gasteiger partial charge is 0.329 e. The van der Waals surface area contributed by atoms with E-state index in [2.05, 4.69) is 15.0 Å². The van der Waals surface area contributed by atoms with Gasteiger partial charge in [0.25, 0.3) is 0 Å². The molecule has 92 valence electrons. The molecule has 3 heterocycles. The molecule has 0 saturated heterocycles. The van der Waals surface area contributed by atoms with Gasteiger partial charge in [-0.3, -0.25) is 9.79 Å². The number of carbonyl (C=O) groups is 1. The third kappa shape index (κ3) is 1.93. The van der Waals surface area contributed by atoms with Gasteiger partial charge in [0.15, 0.2) is 6.04 Å². The van der Waals surface area contributed by atoms with Crippen molar-refractivity contribution < 1.29 is 9.90 Å². The summed E-state index contributed by atoms with van der Waals surface area (Å²) in [6.45, 7) is 0. The van der Waals surface area contributed by atoms with E-state index < -0.39 is 12.0 Å². The van der Waals surface area contributed by atoms with Crippen molar-refractivity contribution in [2.75, 3.05) is 5.75 Å². The number of thiazole rings is 1. The quantitative estimate of drug-likeness (QED) is 0.853. The number of carboxylic acid groups (broad SMARTS) is 1. The van der Waals surface area contributed by atoms with Crippen molar-refractivity contribution in [3.63, 3.8) is 0 Å². The molecule has 1 unspecified atom stereocenters. The van der Waals surface area contributed by atoms with Gasteiger partial charge in [-0.1, -0.05) is 0 Å². The Bertz CT molecular complexity index is 718. The first kappa shape index (κ1) is 11.4. The minimum Gasteiger partial charge on any atom is -0.480 e. The zero-order chi connectivity index (χ0) is 12.7. The van der Waals surface area contributed by atoms with Crippen LogP contribution in [-0.4, -0.2) is 37.9 Å². The summed E-state index contributed by atoms with van der Waals surface area (Å²) >= 11 is 2.73. The molecule has 2 aromatic heterocycles. The number of aliphatic carboxylic acids is 1. The van der Waals surface area contributed by atoms with E-state index >= 15 is 0 Å². The van der Waals surface area contributed by atoms with Gasteiger partial charge in [-0.15, -0.1) is 23.1 Å². The summed E-state index contributed by atoms with van der Waals surface area (Å²) in [5.41, 5.74) is 0.513. The van der Waals surface area contributed by atoms with Crippen molar-refractivity contribution in [3.05, 3.63) is 27.6 Å². The number of hydrogen-bond acceptors (Lipinski definition) is 6. The van der Waals surface area contributed by atoms with Gasteiger partial charge in [-0.2, -0.15) is 0 Å². The molecule has 0 aromatic carbocycles. The molecule has 0 amide bonds. The molecule has 2 aromatic rings. The van der Waals surface area contributed by atoms with E-state index in [1.54, 1.807) is 6.20 Å². The molecular weight excluding hydrogens is 274 g/mol. The summed E-state index contributed by atoms with van der Waals surface area (Å²) in [5, 5.41) is 10.2. The molecule has 0 spiro atoms. The zero-order valence-corrected chi connectivity index (χ0v) is 10.5. The van der Waals surface area contributed by atoms with Gasteiger partial charge >= 0.3 is 5.97 Å². The molecule has 0 radical (unpaired) electrons. The highest BCUT2D eigenvalue weighted by Gasteiger charge is 2.26. The van der Waals surface area contributed by atoms with Gasteiger partial charge in [0.1, 0.15) is 10.1 Å². The van der Waals surface area contributed by atoms with Crippen molar-refractivity contribution in [1.82, 2.24) is 9.97 Å². The highest BCUT2D eigenvalue weighted by molar-refractivity contribution is 8.15. The first-order valence-corrected chi connectivity index (χ1v) is 6.87. The van der Waals surface area contributed by atoms with Crippen molar-refractivity contribution >= 4 is 44.3 Å². The monoisotopic (exact) mass is 281 g/mol. The standard InChI is InChI=1S/C10H7N3O3S2/c14-7-1-6-4(2-11-7)12-9(18-6)8-13-5(3-17-8)10(15)16/h1-2,5H,3H2,(H,11,14)(H,15,16). The molecule has 8 heteroatoms. The molecule has 0 saturated carbocycles. The maximum Gasteiger partial charge on any atom is 0.329 e. The first-order valence-electron chi connectivity index (χ1n) is 5.06. The third-order valence-corrected chi connectivity index (χ3v) is 4.62. The lowest BCUT2D eigenvalue weighted by atomic mass is 10.4. The minimum absolute atomic E-state index is 0.179. The molecule has 6 nitrogen and oxygen atoms in total. The molecule has 1 aliphatic rings. The SMILES string of the molecule is O=C(O)C1CSC(c2nc3c[nH]c(=O)cc3s2)=N1. The second-order valence-electron chi connectivity index (χ2n) is 3.67. The van der Waals surface area contributed by atoms with Crippen LogP contribution < -0.4 is 5.56 Å². The van der Waals surface area contributed by atoms with E-state index in [1.807, 2.05) is 0 Å². The number of nitrogens with one attached hydrogen (secondary N) is 1. The number of nitrogens with zero attached hydrogens (tertiary/aromatic N) is 2. The predicted molar refractivity (Wildman–Crippen MR) is 70.7 cm³/mol. The van der Waals surface area contributed by atoms with Crippen LogP contribution in [0, 0.1) is 0 Å². The summed E-state index contributed by atoms with van der Waals surface area (Å²) < 4.78 is 0.774. The summed E-state index contributed by atoms with van der Waals surface area (Å²) in [6, 6.07) is 0.782. The van der Waals surface area contributed by atoms with E-state index in [1.165, 1.54) is 29.2 Å². The van der Waals surface area contributed by atoms with Gasteiger partial charge in [-0.05, 0) is 0 Å². The lowest BCUT2D eigenvalue weighted by Gasteiger charge is -1.93. The summed E-state index contributed by atoms with van der Waals surface area (Å²) in [6.07, 6.45) is 1.55. The molecule has 0 bridgehead atoms. The van der Waals surface area contributed by atoms with E-state index in [4.69, 9.17) is 5.11 Å². The van der Waals surface area contributed by atoms with Crippen molar-refractivity contribution in [2.24, 2.45) is 4.99 Å². The van der Waals surface area contributed by atoms with Crippen LogP contribution in [0.3, 0.4) is 0 Å². The number of hydrogen-bond donors (Lipinski definition) is 2. The Labute approximate surface area is 109 Å². The average molecular weight is 281 g/mol. The number of aromatic nitrogens is 2. The Kier molecular flexibility index (Phi) is 2.67. The zero-order valence-electron chi connectivity index (χ0n) is 8.91. The third-order valence-electron chi connectivity index (χ3n) is 2.41. The maximum absolute atomic E-state index is 11.2. The summed E-state index contributed by atoms with van der Waals surface area (Å²) in [4.78, 5) is 33.0. The molecule has 3 rings (SSSR count). The number of carboxylic acids is 1. The Morgan fingerprint density at radius 2 is 2.39 bits per heavy atom. The Hall–Kier alpha value is -1.67. The first-order chi connectivity index (χ1) is 8.63. The number of aromatic amines is 1. The second-order valence-corrected chi connectivity index (χ2v) is 5.70. The van der Waals surface area contributed by atoms with E-state index in [-0.39, 0.29) is 5.56 Å². The van der Waals surface area contributed by atoms with Crippen molar-refractivity contribution in [1.29, 1.82) is 0 Å². The Balaban J connectivity index is 2.03. The Morgan fingerprint density at radius 3 is 3.11 bits per heavy atom. The van der Waals surface area contributed by atoms with Crippen LogP contribution in [0.2, 0.25) is 0 Å². The lowest BCUT2D eigenvalue weighted by molar-refractivity contribution is -0.137. The van der Waals surface area contributed by atoms with Crippen LogP contribution in [0.4, 0.5) is 0 Å². The topological polar surface area (TPSA) is 95.4 Å². The molecule has 2 N–H and O–H groups in total. The van der Waals surface area contributed by atoms with Crippen molar-refractivity contribution in [2.45, 2.75) is 6.04 Å². The maximum atomic E-state index is 11.2. The van der Waals surface area contributed by atoms with E-state index in [0.29, 0.717) is 21.3 Å². The second kappa shape index (κ2) is 4.21. The molecule has 18 heavy (non-hydrogen) atoms. The van der Waals surface area contributed by atoms with Gasteiger partial charge in [0, 0.05) is 18.0 Å². The normalized spacial score (nSPS) is 19.1. The van der Waals surface area contributed by atoms with E-state index in [9.17, 15) is 9.59 Å². The minimum atomic E-state index is -0.922. The highest BCUT2D eigenvalue weighted by Crippen LogP contribution is 2.28. The number of aliphatic imine (C=N–C) groups is 1. The molecular formula is C10H7N3O3S2. The van der Waals surface area contributed by atoms with Crippen molar-refractivity contribution in [3.8, 4) is 0 Å². The van der Waals surface area contributed by atoms with Gasteiger partial charge in [-0.25, -0.2) is 9.78 Å². The van der Waals surface area contributed by atoms with Gasteiger partial charge < -0.3 is 10.1 Å². The number of fused-ring (bicyclic) bond motifs is 1. The fourth-order valence-corrected chi connectivity index (χ4v) is 3.63. The van der Waals surface area contributed by atoms with Crippen LogP contribution in [0.5, 0.6) is 0 Å². The van der Waals surface area contributed by atoms with Crippen LogP contribution in [0.15, 0.2) is 22.1 Å². The number of H-pyrrole nitrogens is 1. The van der Waals surface area contributed by atoms with Crippen LogP contribution in [0.1, 0.15) is 5.01 Å². The van der Waals surface area contributed by atoms with Crippen LogP contribution in [0.25, 0.3) is 10.2 Å². The molecule has 0 fully saturated rings. The highest BCUT2D eigenvalue weighted by atomic mass is 32.2. The predicted octanol–water partition coefficient (Wildman–Crippen LogP) is 0.931. The average Bonchev–Trinajstić information content (AvgIpc) is 2.93. The Morgan fingerprint density at radius 1 is 1.56 bits per heavy atom. The fourth-order valence-electron chi connectivity index (χ4n) is 1.56. The van der Waals surface area contributed by atoms with Gasteiger partial charge in [0.05, 0.1) is 10.2 Å². The molecule has 1 atom stereocenters. The fraction of sp³-hybridized carbons (Fsp3) is 0.200. The molecule has 0 aliphatic carbocycles. The number of pyridine rings is 1. The lowest BCUT2D eigenvalue weighted by Crippen LogP contribution is -2.17. The number of thioether (sulfide) groups is 1. The van der Waals surface area contributed by atoms with Gasteiger partial charge in [0.2, 0.25) is 5.56 Å². The van der Waals surface area contributed by atoms with E-state index in [0.717, 1.165) is 4.70 Å². The molecule has 1 aliphatic heterocycles. The van der Waals surface area contributed by atoms with Crippen LogP contribution >= 0.6 is 23.1 Å². The summed E-state index contributed by atoms with van der Waals surface area (Å²) in [7, 11) is 0. The largest absolute Gasteiger partial charge is 0.480 e. The number of rotatable bonds is 2.